The minimum absolute atomic E-state index is 0.326. The molecule has 5 nitrogen and oxygen atoms in total. The molecule has 26 heavy (non-hydrogen) atoms. The van der Waals surface area contributed by atoms with Gasteiger partial charge in [0, 0.05) is 5.56 Å². The topological polar surface area (TPSA) is 54.0 Å². The molecule has 2 aromatic carbocycles. The van der Waals surface area contributed by atoms with Crippen molar-refractivity contribution in [1.82, 2.24) is 0 Å². The molecule has 2 aromatic rings. The third-order valence-electron chi connectivity index (χ3n) is 3.92. The standard InChI is InChI=1S/C21H26O5/c1-5-24-21(22)16(3)26-15(2)18-12-9-13-19(20(18)23-4)25-14-17-10-7-6-8-11-17/h6-13,15-16H,5,14H2,1-4H3/t15?,16-/m0/s1. The van der Waals surface area contributed by atoms with Crippen LogP contribution in [-0.4, -0.2) is 25.8 Å². The van der Waals surface area contributed by atoms with Gasteiger partial charge < -0.3 is 18.9 Å². The predicted octanol–water partition coefficient (Wildman–Crippen LogP) is 4.30. The van der Waals surface area contributed by atoms with Crippen molar-refractivity contribution < 1.29 is 23.7 Å². The van der Waals surface area contributed by atoms with Crippen LogP contribution in [0.25, 0.3) is 0 Å². The summed E-state index contributed by atoms with van der Waals surface area (Å²) in [6, 6.07) is 15.6. The summed E-state index contributed by atoms with van der Waals surface area (Å²) in [5, 5.41) is 0. The zero-order valence-corrected chi connectivity index (χ0v) is 15.7. The Morgan fingerprint density at radius 3 is 2.42 bits per heavy atom. The maximum Gasteiger partial charge on any atom is 0.334 e. The van der Waals surface area contributed by atoms with Crippen molar-refractivity contribution in [1.29, 1.82) is 0 Å². The number of esters is 1. The SMILES string of the molecule is CCOC(=O)[C@H](C)OC(C)c1cccc(OCc2ccccc2)c1OC. The number of methoxy groups -OCH3 is 1. The normalized spacial score (nSPS) is 12.9. The molecule has 140 valence electrons. The number of benzene rings is 2. The molecular formula is C21H26O5. The molecule has 0 aliphatic rings. The third kappa shape index (κ3) is 5.23. The monoisotopic (exact) mass is 358 g/mol. The lowest BCUT2D eigenvalue weighted by Crippen LogP contribution is -2.24. The smallest absolute Gasteiger partial charge is 0.334 e. The molecule has 0 aromatic heterocycles. The molecule has 0 saturated heterocycles. The number of carbonyl (C=O) groups is 1. The van der Waals surface area contributed by atoms with Crippen LogP contribution < -0.4 is 9.47 Å². The average Bonchev–Trinajstić information content (AvgIpc) is 2.66. The Bertz CT molecular complexity index is 699. The van der Waals surface area contributed by atoms with Crippen LogP contribution in [-0.2, 0) is 20.9 Å². The van der Waals surface area contributed by atoms with Gasteiger partial charge in [-0.25, -0.2) is 4.79 Å². The van der Waals surface area contributed by atoms with Crippen molar-refractivity contribution in [2.75, 3.05) is 13.7 Å². The predicted molar refractivity (Wildman–Crippen MR) is 99.4 cm³/mol. The fourth-order valence-electron chi connectivity index (χ4n) is 2.62. The van der Waals surface area contributed by atoms with Gasteiger partial charge >= 0.3 is 5.97 Å². The van der Waals surface area contributed by atoms with Crippen LogP contribution in [0.2, 0.25) is 0 Å². The number of para-hydroxylation sites is 1. The molecule has 0 saturated carbocycles. The Balaban J connectivity index is 2.12. The highest BCUT2D eigenvalue weighted by Gasteiger charge is 2.22. The van der Waals surface area contributed by atoms with Crippen LogP contribution >= 0.6 is 0 Å². The van der Waals surface area contributed by atoms with E-state index in [1.807, 2.05) is 55.5 Å². The summed E-state index contributed by atoms with van der Waals surface area (Å²) in [5.41, 5.74) is 1.88. The van der Waals surface area contributed by atoms with Crippen molar-refractivity contribution in [3.63, 3.8) is 0 Å². The van der Waals surface area contributed by atoms with E-state index in [0.29, 0.717) is 24.7 Å². The quantitative estimate of drug-likeness (QED) is 0.626. The Labute approximate surface area is 154 Å². The maximum atomic E-state index is 11.8. The van der Waals surface area contributed by atoms with Gasteiger partial charge in [-0.05, 0) is 32.4 Å². The largest absolute Gasteiger partial charge is 0.492 e. The maximum absolute atomic E-state index is 11.8. The molecule has 0 radical (unpaired) electrons. The van der Waals surface area contributed by atoms with Gasteiger partial charge in [0.2, 0.25) is 0 Å². The number of hydrogen-bond acceptors (Lipinski definition) is 5. The first-order chi connectivity index (χ1) is 12.6. The summed E-state index contributed by atoms with van der Waals surface area (Å²) in [5.74, 6) is 0.856. The Kier molecular flexibility index (Phi) is 7.48. The van der Waals surface area contributed by atoms with Gasteiger partial charge in [-0.1, -0.05) is 42.5 Å². The first kappa shape index (κ1) is 19.8. The van der Waals surface area contributed by atoms with Crippen molar-refractivity contribution in [3.8, 4) is 11.5 Å². The lowest BCUT2D eigenvalue weighted by atomic mass is 10.1. The number of rotatable bonds is 9. The molecule has 0 aliphatic carbocycles. The van der Waals surface area contributed by atoms with E-state index in [1.54, 1.807) is 21.0 Å². The fraction of sp³-hybridized carbons (Fsp3) is 0.381. The van der Waals surface area contributed by atoms with E-state index < -0.39 is 6.10 Å². The van der Waals surface area contributed by atoms with E-state index in [-0.39, 0.29) is 12.1 Å². The summed E-state index contributed by atoms with van der Waals surface area (Å²) < 4.78 is 22.3. The lowest BCUT2D eigenvalue weighted by molar-refractivity contribution is -0.158. The minimum atomic E-state index is -0.663. The fourth-order valence-corrected chi connectivity index (χ4v) is 2.62. The molecule has 0 bridgehead atoms. The molecule has 0 heterocycles. The van der Waals surface area contributed by atoms with Crippen LogP contribution in [0.3, 0.4) is 0 Å². The average molecular weight is 358 g/mol. The Hall–Kier alpha value is -2.53. The van der Waals surface area contributed by atoms with Crippen LogP contribution in [0.1, 0.15) is 38.0 Å². The van der Waals surface area contributed by atoms with Crippen molar-refractivity contribution >= 4 is 5.97 Å². The molecule has 1 unspecified atom stereocenters. The zero-order chi connectivity index (χ0) is 18.9. The summed E-state index contributed by atoms with van der Waals surface area (Å²) in [4.78, 5) is 11.8. The highest BCUT2D eigenvalue weighted by molar-refractivity contribution is 5.74. The zero-order valence-electron chi connectivity index (χ0n) is 15.7. The molecule has 0 spiro atoms. The van der Waals surface area contributed by atoms with Crippen LogP contribution in [0.5, 0.6) is 11.5 Å². The first-order valence-electron chi connectivity index (χ1n) is 8.72. The van der Waals surface area contributed by atoms with E-state index in [1.165, 1.54) is 0 Å². The molecule has 0 amide bonds. The van der Waals surface area contributed by atoms with E-state index in [4.69, 9.17) is 18.9 Å². The third-order valence-corrected chi connectivity index (χ3v) is 3.92. The van der Waals surface area contributed by atoms with Gasteiger partial charge in [-0.15, -0.1) is 0 Å². The molecular weight excluding hydrogens is 332 g/mol. The minimum Gasteiger partial charge on any atom is -0.492 e. The molecule has 0 N–H and O–H groups in total. The summed E-state index contributed by atoms with van der Waals surface area (Å²) in [6.07, 6.45) is -1.02. The van der Waals surface area contributed by atoms with Gasteiger partial charge in [0.25, 0.3) is 0 Å². The molecule has 2 atom stereocenters. The van der Waals surface area contributed by atoms with Gasteiger partial charge in [0.1, 0.15) is 6.61 Å². The number of carbonyl (C=O) groups excluding carboxylic acids is 1. The van der Waals surface area contributed by atoms with E-state index in [2.05, 4.69) is 0 Å². The van der Waals surface area contributed by atoms with Gasteiger partial charge in [0.15, 0.2) is 17.6 Å². The molecule has 0 fully saturated rings. The van der Waals surface area contributed by atoms with Crippen molar-refractivity contribution in [3.05, 3.63) is 59.7 Å². The highest BCUT2D eigenvalue weighted by atomic mass is 16.6. The van der Waals surface area contributed by atoms with E-state index in [9.17, 15) is 4.79 Å². The lowest BCUT2D eigenvalue weighted by Gasteiger charge is -2.21. The van der Waals surface area contributed by atoms with Crippen LogP contribution in [0, 0.1) is 0 Å². The second-order valence-electron chi connectivity index (χ2n) is 5.83. The Morgan fingerprint density at radius 2 is 1.77 bits per heavy atom. The molecule has 5 heteroatoms. The highest BCUT2D eigenvalue weighted by Crippen LogP contribution is 2.36. The van der Waals surface area contributed by atoms with Gasteiger partial charge in [-0.3, -0.25) is 0 Å². The van der Waals surface area contributed by atoms with E-state index >= 15 is 0 Å². The van der Waals surface area contributed by atoms with Crippen molar-refractivity contribution in [2.45, 2.75) is 39.6 Å². The summed E-state index contributed by atoms with van der Waals surface area (Å²) in [7, 11) is 1.59. The van der Waals surface area contributed by atoms with Crippen molar-refractivity contribution in [2.24, 2.45) is 0 Å². The molecule has 2 rings (SSSR count). The number of ether oxygens (including phenoxy) is 4. The van der Waals surface area contributed by atoms with Gasteiger partial charge in [-0.2, -0.15) is 0 Å². The van der Waals surface area contributed by atoms with Gasteiger partial charge in [0.05, 0.1) is 19.8 Å². The first-order valence-corrected chi connectivity index (χ1v) is 8.72. The second-order valence-corrected chi connectivity index (χ2v) is 5.83. The van der Waals surface area contributed by atoms with Crippen LogP contribution in [0.4, 0.5) is 0 Å². The Morgan fingerprint density at radius 1 is 1.04 bits per heavy atom. The summed E-state index contributed by atoms with van der Waals surface area (Å²) >= 11 is 0. The molecule has 0 aliphatic heterocycles. The number of hydrogen-bond donors (Lipinski definition) is 0. The van der Waals surface area contributed by atoms with Crippen LogP contribution in [0.15, 0.2) is 48.5 Å². The van der Waals surface area contributed by atoms with E-state index in [0.717, 1.165) is 11.1 Å². The second kappa shape index (κ2) is 9.82. The summed E-state index contributed by atoms with van der Waals surface area (Å²) in [6.45, 7) is 6.08.